The van der Waals surface area contributed by atoms with Gasteiger partial charge in [-0.2, -0.15) is 5.26 Å². The molecule has 2 atom stereocenters. The minimum Gasteiger partial charge on any atom is -0.444 e. The number of ether oxygens (including phenoxy) is 1. The Hall–Kier alpha value is -2.02. The number of rotatable bonds is 0. The predicted molar refractivity (Wildman–Crippen MR) is 97.3 cm³/mol. The zero-order chi connectivity index (χ0) is 18.6. The van der Waals surface area contributed by atoms with Crippen LogP contribution in [0.4, 0.5) is 4.79 Å². The summed E-state index contributed by atoms with van der Waals surface area (Å²) in [7, 11) is 0. The SMILES string of the molecule is CC(C)(C)OC(=O)N1CCC2(C)c3ccc(C#N)cc3CC1C2(C)C. The van der Waals surface area contributed by atoms with Gasteiger partial charge in [-0.15, -0.1) is 0 Å². The van der Waals surface area contributed by atoms with Crippen molar-refractivity contribution >= 4 is 6.09 Å². The second kappa shape index (κ2) is 5.49. The highest BCUT2D eigenvalue weighted by atomic mass is 16.6. The number of amides is 1. The highest BCUT2D eigenvalue weighted by molar-refractivity contribution is 5.69. The molecule has 0 aromatic heterocycles. The Morgan fingerprint density at radius 2 is 2.00 bits per heavy atom. The van der Waals surface area contributed by atoms with E-state index in [0.29, 0.717) is 12.1 Å². The second-order valence-corrected chi connectivity index (χ2v) is 9.18. The van der Waals surface area contributed by atoms with Crippen LogP contribution in [0.3, 0.4) is 0 Å². The molecule has 2 unspecified atom stereocenters. The van der Waals surface area contributed by atoms with Gasteiger partial charge in [0.2, 0.25) is 0 Å². The second-order valence-electron chi connectivity index (χ2n) is 9.18. The lowest BCUT2D eigenvalue weighted by Gasteiger charge is -2.60. The van der Waals surface area contributed by atoms with Gasteiger partial charge in [-0.1, -0.05) is 26.8 Å². The molecule has 1 saturated heterocycles. The van der Waals surface area contributed by atoms with Gasteiger partial charge in [0.1, 0.15) is 5.60 Å². The number of benzene rings is 1. The summed E-state index contributed by atoms with van der Waals surface area (Å²) in [4.78, 5) is 14.7. The molecular weight excluding hydrogens is 312 g/mol. The van der Waals surface area contributed by atoms with Crippen LogP contribution in [0, 0.1) is 16.7 Å². The van der Waals surface area contributed by atoms with E-state index in [4.69, 9.17) is 4.74 Å². The third kappa shape index (κ3) is 2.70. The molecule has 1 heterocycles. The zero-order valence-corrected chi connectivity index (χ0v) is 16.1. The first-order chi connectivity index (χ1) is 11.5. The molecule has 1 aromatic rings. The minimum atomic E-state index is -0.497. The van der Waals surface area contributed by atoms with Crippen molar-refractivity contribution in [2.24, 2.45) is 5.41 Å². The Balaban J connectivity index is 2.03. The molecule has 1 aromatic carbocycles. The number of hydrogen-bond donors (Lipinski definition) is 0. The molecule has 1 aliphatic heterocycles. The number of fused-ring (bicyclic) bond motifs is 4. The van der Waals surface area contributed by atoms with Gasteiger partial charge in [-0.25, -0.2) is 4.79 Å². The maximum Gasteiger partial charge on any atom is 0.410 e. The molecule has 3 rings (SSSR count). The van der Waals surface area contributed by atoms with Crippen molar-refractivity contribution in [3.05, 3.63) is 34.9 Å². The Bertz CT molecular complexity index is 754. The molecule has 2 aliphatic rings. The summed E-state index contributed by atoms with van der Waals surface area (Å²) in [6.45, 7) is 13.2. The van der Waals surface area contributed by atoms with Crippen molar-refractivity contribution in [3.63, 3.8) is 0 Å². The molecule has 4 heteroatoms. The third-order valence-electron chi connectivity index (χ3n) is 6.35. The molecule has 1 aliphatic carbocycles. The van der Waals surface area contributed by atoms with Gasteiger partial charge in [0.05, 0.1) is 11.6 Å². The minimum absolute atomic E-state index is 0.0161. The molecule has 25 heavy (non-hydrogen) atoms. The molecule has 1 fully saturated rings. The highest BCUT2D eigenvalue weighted by Gasteiger charge is 2.57. The monoisotopic (exact) mass is 340 g/mol. The molecule has 1 amide bonds. The molecule has 2 bridgehead atoms. The lowest BCUT2D eigenvalue weighted by atomic mass is 9.51. The smallest absolute Gasteiger partial charge is 0.410 e. The topological polar surface area (TPSA) is 53.3 Å². The Morgan fingerprint density at radius 1 is 1.32 bits per heavy atom. The first-order valence-electron chi connectivity index (χ1n) is 9.03. The van der Waals surface area contributed by atoms with Crippen LogP contribution in [-0.4, -0.2) is 29.2 Å². The van der Waals surface area contributed by atoms with Gasteiger partial charge in [-0.05, 0) is 62.3 Å². The van der Waals surface area contributed by atoms with E-state index in [9.17, 15) is 10.1 Å². The summed E-state index contributed by atoms with van der Waals surface area (Å²) < 4.78 is 5.66. The van der Waals surface area contributed by atoms with Crippen LogP contribution >= 0.6 is 0 Å². The van der Waals surface area contributed by atoms with E-state index in [1.807, 2.05) is 37.8 Å². The molecule has 4 nitrogen and oxygen atoms in total. The normalized spacial score (nSPS) is 27.2. The fourth-order valence-corrected chi connectivity index (χ4v) is 4.54. The number of likely N-dealkylation sites (tertiary alicyclic amines) is 1. The van der Waals surface area contributed by atoms with Crippen LogP contribution in [0.25, 0.3) is 0 Å². The van der Waals surface area contributed by atoms with Crippen molar-refractivity contribution in [1.29, 1.82) is 5.26 Å². The standard InChI is InChI=1S/C21H28N2O2/c1-19(2,3)25-18(24)23-10-9-21(6)16-8-7-14(13-22)11-15(16)12-17(23)20(21,4)5/h7-8,11,17H,9-10,12H2,1-6H3. The highest BCUT2D eigenvalue weighted by Crippen LogP contribution is 2.56. The quantitative estimate of drug-likeness (QED) is 0.703. The molecule has 134 valence electrons. The first kappa shape index (κ1) is 17.8. The summed E-state index contributed by atoms with van der Waals surface area (Å²) in [5.41, 5.74) is 2.63. The summed E-state index contributed by atoms with van der Waals surface area (Å²) in [5, 5.41) is 9.24. The number of carbonyl (C=O) groups excluding carboxylic acids is 1. The van der Waals surface area contributed by atoms with Crippen molar-refractivity contribution < 1.29 is 9.53 Å². The fourth-order valence-electron chi connectivity index (χ4n) is 4.54. The zero-order valence-electron chi connectivity index (χ0n) is 16.1. The average molecular weight is 340 g/mol. The van der Waals surface area contributed by atoms with E-state index in [1.165, 1.54) is 11.1 Å². The lowest BCUT2D eigenvalue weighted by molar-refractivity contribution is -0.0521. The number of piperidine rings is 1. The first-order valence-corrected chi connectivity index (χ1v) is 9.03. The van der Waals surface area contributed by atoms with Crippen LogP contribution < -0.4 is 0 Å². The van der Waals surface area contributed by atoms with Crippen molar-refractivity contribution in [2.45, 2.75) is 71.4 Å². The van der Waals surface area contributed by atoms with E-state index in [1.54, 1.807) is 0 Å². The Kier molecular flexibility index (Phi) is 3.91. The van der Waals surface area contributed by atoms with Crippen LogP contribution in [0.15, 0.2) is 18.2 Å². The molecule has 0 radical (unpaired) electrons. The van der Waals surface area contributed by atoms with Crippen molar-refractivity contribution in [3.8, 4) is 6.07 Å². The van der Waals surface area contributed by atoms with Crippen molar-refractivity contribution in [1.82, 2.24) is 4.90 Å². The average Bonchev–Trinajstić information content (AvgIpc) is 2.48. The van der Waals surface area contributed by atoms with Gasteiger partial charge in [0.25, 0.3) is 0 Å². The Labute approximate surface area is 150 Å². The number of nitriles is 1. The van der Waals surface area contributed by atoms with Crippen LogP contribution in [0.5, 0.6) is 0 Å². The maximum absolute atomic E-state index is 12.8. The van der Waals surface area contributed by atoms with Crippen LogP contribution in [-0.2, 0) is 16.6 Å². The summed E-state index contributed by atoms with van der Waals surface area (Å²) in [6, 6.07) is 8.34. The summed E-state index contributed by atoms with van der Waals surface area (Å²) in [5.74, 6) is 0. The molecule has 0 spiro atoms. The Morgan fingerprint density at radius 3 is 2.60 bits per heavy atom. The van der Waals surface area contributed by atoms with Gasteiger partial charge in [0.15, 0.2) is 0 Å². The van der Waals surface area contributed by atoms with E-state index in [0.717, 1.165) is 12.8 Å². The van der Waals surface area contributed by atoms with Crippen LogP contribution in [0.1, 0.15) is 64.7 Å². The fraction of sp³-hybridized carbons (Fsp3) is 0.619. The molecular formula is C21H28N2O2. The van der Waals surface area contributed by atoms with Crippen molar-refractivity contribution in [2.75, 3.05) is 6.54 Å². The van der Waals surface area contributed by atoms with Gasteiger partial charge in [-0.3, -0.25) is 0 Å². The van der Waals surface area contributed by atoms with E-state index in [-0.39, 0.29) is 23.0 Å². The van der Waals surface area contributed by atoms with Crippen LogP contribution in [0.2, 0.25) is 0 Å². The van der Waals surface area contributed by atoms with E-state index in [2.05, 4.69) is 32.9 Å². The third-order valence-corrected chi connectivity index (χ3v) is 6.35. The maximum atomic E-state index is 12.8. The predicted octanol–water partition coefficient (Wildman–Crippen LogP) is 4.41. The number of hydrogen-bond acceptors (Lipinski definition) is 3. The molecule has 0 N–H and O–H groups in total. The largest absolute Gasteiger partial charge is 0.444 e. The van der Waals surface area contributed by atoms with E-state index < -0.39 is 5.60 Å². The number of nitrogens with zero attached hydrogens (tertiary/aromatic N) is 2. The van der Waals surface area contributed by atoms with Gasteiger partial charge in [0, 0.05) is 18.0 Å². The summed E-state index contributed by atoms with van der Waals surface area (Å²) in [6.07, 6.45) is 1.44. The van der Waals surface area contributed by atoms with Gasteiger partial charge >= 0.3 is 6.09 Å². The number of carbonyl (C=O) groups is 1. The molecule has 0 saturated carbocycles. The van der Waals surface area contributed by atoms with Gasteiger partial charge < -0.3 is 9.64 Å². The lowest BCUT2D eigenvalue weighted by Crippen LogP contribution is -2.65. The van der Waals surface area contributed by atoms with E-state index >= 15 is 0 Å². The summed E-state index contributed by atoms with van der Waals surface area (Å²) >= 11 is 0.